The van der Waals surface area contributed by atoms with Crippen molar-refractivity contribution in [3.63, 3.8) is 0 Å². The Hall–Kier alpha value is 0.650. The van der Waals surface area contributed by atoms with Gasteiger partial charge < -0.3 is 10.0 Å². The maximum absolute atomic E-state index is 9.31. The van der Waals surface area contributed by atoms with E-state index in [0.29, 0.717) is 5.92 Å². The zero-order chi connectivity index (χ0) is 8.27. The van der Waals surface area contributed by atoms with Crippen LogP contribution in [0.3, 0.4) is 0 Å². The summed E-state index contributed by atoms with van der Waals surface area (Å²) < 4.78 is 1.20. The van der Waals surface area contributed by atoms with Crippen molar-refractivity contribution in [2.24, 2.45) is 5.92 Å². The fourth-order valence-corrected chi connectivity index (χ4v) is 2.26. The molecule has 0 spiro atoms. The van der Waals surface area contributed by atoms with Crippen molar-refractivity contribution in [1.29, 1.82) is 0 Å². The predicted molar refractivity (Wildman–Crippen MR) is 55.1 cm³/mol. The molecule has 1 heterocycles. The Balaban J connectivity index is 2.23. The SMILES string of the molecule is CC(O)C1CCN(CCI)C1. The van der Waals surface area contributed by atoms with Crippen LogP contribution in [-0.4, -0.2) is 40.2 Å². The van der Waals surface area contributed by atoms with Crippen LogP contribution in [0.4, 0.5) is 0 Å². The zero-order valence-corrected chi connectivity index (χ0v) is 9.12. The molecule has 0 aliphatic carbocycles. The highest BCUT2D eigenvalue weighted by Crippen LogP contribution is 2.19. The van der Waals surface area contributed by atoms with Gasteiger partial charge in [0.05, 0.1) is 6.10 Å². The highest BCUT2D eigenvalue weighted by atomic mass is 127. The standard InChI is InChI=1S/C8H16INO/c1-7(11)8-2-4-10(6-8)5-3-9/h7-8,11H,2-6H2,1H3. The molecule has 0 radical (unpaired) electrons. The van der Waals surface area contributed by atoms with Crippen LogP contribution in [0.5, 0.6) is 0 Å². The van der Waals surface area contributed by atoms with Gasteiger partial charge in [0.1, 0.15) is 0 Å². The van der Waals surface area contributed by atoms with Crippen molar-refractivity contribution in [3.05, 3.63) is 0 Å². The molecular formula is C8H16INO. The fourth-order valence-electron chi connectivity index (χ4n) is 1.58. The van der Waals surface area contributed by atoms with Crippen molar-refractivity contribution >= 4 is 22.6 Å². The number of likely N-dealkylation sites (tertiary alicyclic amines) is 1. The van der Waals surface area contributed by atoms with Crippen LogP contribution in [-0.2, 0) is 0 Å². The molecule has 2 atom stereocenters. The van der Waals surface area contributed by atoms with Crippen LogP contribution in [0.15, 0.2) is 0 Å². The molecule has 1 rings (SSSR count). The number of halogens is 1. The molecule has 0 aromatic rings. The van der Waals surface area contributed by atoms with Gasteiger partial charge in [-0.15, -0.1) is 0 Å². The molecular weight excluding hydrogens is 253 g/mol. The first-order valence-electron chi connectivity index (χ1n) is 4.20. The largest absolute Gasteiger partial charge is 0.393 e. The summed E-state index contributed by atoms with van der Waals surface area (Å²) in [7, 11) is 0. The van der Waals surface area contributed by atoms with Gasteiger partial charge in [-0.1, -0.05) is 22.6 Å². The number of aliphatic hydroxyl groups excluding tert-OH is 1. The quantitative estimate of drug-likeness (QED) is 0.613. The Morgan fingerprint density at radius 1 is 1.73 bits per heavy atom. The molecule has 1 N–H and O–H groups in total. The lowest BCUT2D eigenvalue weighted by Gasteiger charge is -2.15. The van der Waals surface area contributed by atoms with Gasteiger partial charge >= 0.3 is 0 Å². The number of rotatable bonds is 3. The molecule has 0 amide bonds. The first-order chi connectivity index (χ1) is 5.24. The van der Waals surface area contributed by atoms with Gasteiger partial charge in [-0.2, -0.15) is 0 Å². The van der Waals surface area contributed by atoms with E-state index in [1.807, 2.05) is 6.92 Å². The minimum absolute atomic E-state index is 0.116. The lowest BCUT2D eigenvalue weighted by molar-refractivity contribution is 0.128. The Morgan fingerprint density at radius 3 is 2.91 bits per heavy atom. The molecule has 3 heteroatoms. The maximum atomic E-state index is 9.31. The summed E-state index contributed by atoms with van der Waals surface area (Å²) in [5, 5.41) is 9.31. The molecule has 66 valence electrons. The van der Waals surface area contributed by atoms with E-state index in [2.05, 4.69) is 27.5 Å². The Bertz CT molecular complexity index is 119. The molecule has 0 saturated carbocycles. The van der Waals surface area contributed by atoms with E-state index in [-0.39, 0.29) is 6.10 Å². The van der Waals surface area contributed by atoms with Gasteiger partial charge in [-0.3, -0.25) is 0 Å². The molecule has 1 aliphatic rings. The Labute approximate surface area is 82.1 Å². The minimum atomic E-state index is -0.116. The second-order valence-electron chi connectivity index (χ2n) is 3.28. The monoisotopic (exact) mass is 269 g/mol. The summed E-state index contributed by atoms with van der Waals surface area (Å²) in [5.74, 6) is 0.526. The third-order valence-electron chi connectivity index (χ3n) is 2.39. The molecule has 0 aromatic carbocycles. The van der Waals surface area contributed by atoms with E-state index >= 15 is 0 Å². The number of alkyl halides is 1. The maximum Gasteiger partial charge on any atom is 0.0552 e. The van der Waals surface area contributed by atoms with Crippen LogP contribution in [0.25, 0.3) is 0 Å². The molecule has 1 fully saturated rings. The third kappa shape index (κ3) is 2.87. The van der Waals surface area contributed by atoms with Crippen molar-refractivity contribution in [2.45, 2.75) is 19.4 Å². The molecule has 1 saturated heterocycles. The van der Waals surface area contributed by atoms with Gasteiger partial charge in [-0.05, 0) is 25.8 Å². The second-order valence-corrected chi connectivity index (χ2v) is 4.36. The van der Waals surface area contributed by atoms with E-state index < -0.39 is 0 Å². The number of hydrogen-bond acceptors (Lipinski definition) is 2. The van der Waals surface area contributed by atoms with Gasteiger partial charge in [0.2, 0.25) is 0 Å². The number of aliphatic hydroxyl groups is 1. The minimum Gasteiger partial charge on any atom is -0.393 e. The average Bonchev–Trinajstić information content (AvgIpc) is 2.37. The molecule has 1 aliphatic heterocycles. The summed E-state index contributed by atoms with van der Waals surface area (Å²) in [6.45, 7) is 5.36. The predicted octanol–water partition coefficient (Wildman–Crippen LogP) is 1.12. The smallest absolute Gasteiger partial charge is 0.0552 e. The zero-order valence-electron chi connectivity index (χ0n) is 6.96. The number of hydrogen-bond donors (Lipinski definition) is 1. The van der Waals surface area contributed by atoms with Gasteiger partial charge in [0.15, 0.2) is 0 Å². The fraction of sp³-hybridized carbons (Fsp3) is 1.00. The normalized spacial score (nSPS) is 29.2. The van der Waals surface area contributed by atoms with E-state index in [0.717, 1.165) is 6.54 Å². The van der Waals surface area contributed by atoms with E-state index in [9.17, 15) is 5.11 Å². The van der Waals surface area contributed by atoms with Crippen LogP contribution in [0, 0.1) is 5.92 Å². The van der Waals surface area contributed by atoms with E-state index in [1.54, 1.807) is 0 Å². The summed E-state index contributed by atoms with van der Waals surface area (Å²) in [5.41, 5.74) is 0. The van der Waals surface area contributed by atoms with Crippen molar-refractivity contribution in [2.75, 3.05) is 24.1 Å². The lowest BCUT2D eigenvalue weighted by atomic mass is 10.0. The lowest BCUT2D eigenvalue weighted by Crippen LogP contribution is -2.25. The molecule has 11 heavy (non-hydrogen) atoms. The van der Waals surface area contributed by atoms with Gasteiger partial charge in [0, 0.05) is 17.5 Å². The van der Waals surface area contributed by atoms with Gasteiger partial charge in [0.25, 0.3) is 0 Å². The first kappa shape index (κ1) is 9.74. The second kappa shape index (κ2) is 4.62. The molecule has 2 unspecified atom stereocenters. The van der Waals surface area contributed by atoms with Crippen molar-refractivity contribution in [3.8, 4) is 0 Å². The molecule has 0 bridgehead atoms. The van der Waals surface area contributed by atoms with E-state index in [4.69, 9.17) is 0 Å². The Kier molecular flexibility index (Phi) is 4.09. The highest BCUT2D eigenvalue weighted by molar-refractivity contribution is 14.1. The van der Waals surface area contributed by atoms with Crippen LogP contribution < -0.4 is 0 Å². The van der Waals surface area contributed by atoms with Crippen molar-refractivity contribution < 1.29 is 5.11 Å². The van der Waals surface area contributed by atoms with Crippen LogP contribution in [0.1, 0.15) is 13.3 Å². The summed E-state index contributed by atoms with van der Waals surface area (Å²) in [6.07, 6.45) is 1.06. The topological polar surface area (TPSA) is 23.5 Å². The molecule has 2 nitrogen and oxygen atoms in total. The van der Waals surface area contributed by atoms with Crippen LogP contribution >= 0.6 is 22.6 Å². The van der Waals surface area contributed by atoms with E-state index in [1.165, 1.54) is 23.9 Å². The van der Waals surface area contributed by atoms with Crippen LogP contribution in [0.2, 0.25) is 0 Å². The first-order valence-corrected chi connectivity index (χ1v) is 5.73. The molecule has 0 aromatic heterocycles. The third-order valence-corrected chi connectivity index (χ3v) is 2.87. The van der Waals surface area contributed by atoms with Crippen molar-refractivity contribution in [1.82, 2.24) is 4.90 Å². The Morgan fingerprint density at radius 2 is 2.45 bits per heavy atom. The summed E-state index contributed by atoms with van der Waals surface area (Å²) in [4.78, 5) is 2.43. The number of nitrogens with zero attached hydrogens (tertiary/aromatic N) is 1. The highest BCUT2D eigenvalue weighted by Gasteiger charge is 2.24. The summed E-state index contributed by atoms with van der Waals surface area (Å²) in [6, 6.07) is 0. The van der Waals surface area contributed by atoms with Gasteiger partial charge in [-0.25, -0.2) is 0 Å². The summed E-state index contributed by atoms with van der Waals surface area (Å²) >= 11 is 2.40. The average molecular weight is 269 g/mol.